The van der Waals surface area contributed by atoms with Crippen molar-refractivity contribution in [3.8, 4) is 0 Å². The highest BCUT2D eigenvalue weighted by atomic mass is 32.1. The van der Waals surface area contributed by atoms with Crippen molar-refractivity contribution in [1.82, 2.24) is 4.98 Å². The monoisotopic (exact) mass is 182 g/mol. The zero-order valence-corrected chi connectivity index (χ0v) is 8.10. The van der Waals surface area contributed by atoms with Crippen molar-refractivity contribution in [2.45, 2.75) is 25.8 Å². The van der Waals surface area contributed by atoms with Crippen molar-refractivity contribution in [2.24, 2.45) is 5.73 Å². The molecule has 2 N–H and O–H groups in total. The molecule has 0 saturated carbocycles. The number of aromatic nitrogens is 1. The van der Waals surface area contributed by atoms with Crippen LogP contribution in [-0.4, -0.2) is 4.98 Å². The molecule has 0 bridgehead atoms. The summed E-state index contributed by atoms with van der Waals surface area (Å²) in [6, 6.07) is 0.0768. The molecule has 0 aliphatic heterocycles. The second-order valence-electron chi connectivity index (χ2n) is 2.76. The zero-order valence-electron chi connectivity index (χ0n) is 7.29. The molecule has 0 aliphatic rings. The van der Waals surface area contributed by atoms with Crippen LogP contribution in [0.3, 0.4) is 0 Å². The Balaban J connectivity index is 2.52. The average Bonchev–Trinajstić information content (AvgIpc) is 2.47. The van der Waals surface area contributed by atoms with E-state index in [1.807, 2.05) is 18.4 Å². The van der Waals surface area contributed by atoms with Gasteiger partial charge in [0.05, 0.1) is 10.7 Å². The molecule has 0 aromatic carbocycles. The van der Waals surface area contributed by atoms with Gasteiger partial charge in [0.25, 0.3) is 0 Å². The van der Waals surface area contributed by atoms with E-state index in [9.17, 15) is 0 Å². The van der Waals surface area contributed by atoms with Crippen LogP contribution in [0, 0.1) is 6.92 Å². The van der Waals surface area contributed by atoms with Gasteiger partial charge in [-0.3, -0.25) is 0 Å². The van der Waals surface area contributed by atoms with Gasteiger partial charge in [0, 0.05) is 11.4 Å². The van der Waals surface area contributed by atoms with Gasteiger partial charge in [-0.05, 0) is 19.8 Å². The number of nitrogens with two attached hydrogens (primary N) is 1. The quantitative estimate of drug-likeness (QED) is 0.726. The SMILES string of the molecule is C=CCCC(N)c1csc(C)n1. The van der Waals surface area contributed by atoms with E-state index in [1.54, 1.807) is 11.3 Å². The summed E-state index contributed by atoms with van der Waals surface area (Å²) in [5.41, 5.74) is 6.90. The fourth-order valence-electron chi connectivity index (χ4n) is 0.996. The van der Waals surface area contributed by atoms with Gasteiger partial charge < -0.3 is 5.73 Å². The maximum Gasteiger partial charge on any atom is 0.0898 e. The van der Waals surface area contributed by atoms with Crippen LogP contribution in [0.5, 0.6) is 0 Å². The summed E-state index contributed by atoms with van der Waals surface area (Å²) in [4.78, 5) is 4.32. The van der Waals surface area contributed by atoms with Gasteiger partial charge in [0.2, 0.25) is 0 Å². The van der Waals surface area contributed by atoms with Gasteiger partial charge in [-0.15, -0.1) is 17.9 Å². The minimum atomic E-state index is 0.0768. The first kappa shape index (κ1) is 9.42. The van der Waals surface area contributed by atoms with Crippen LogP contribution in [0.1, 0.15) is 29.6 Å². The van der Waals surface area contributed by atoms with Gasteiger partial charge in [0.1, 0.15) is 0 Å². The third-order valence-corrected chi connectivity index (χ3v) is 2.49. The maximum atomic E-state index is 5.89. The van der Waals surface area contributed by atoms with Crippen LogP contribution in [0.15, 0.2) is 18.0 Å². The molecule has 2 nitrogen and oxygen atoms in total. The zero-order chi connectivity index (χ0) is 8.97. The van der Waals surface area contributed by atoms with Gasteiger partial charge in [-0.25, -0.2) is 4.98 Å². The number of hydrogen-bond donors (Lipinski definition) is 1. The van der Waals surface area contributed by atoms with E-state index in [4.69, 9.17) is 5.73 Å². The van der Waals surface area contributed by atoms with Crippen molar-refractivity contribution < 1.29 is 0 Å². The Kier molecular flexibility index (Phi) is 3.44. The van der Waals surface area contributed by atoms with Crippen LogP contribution in [-0.2, 0) is 0 Å². The minimum absolute atomic E-state index is 0.0768. The summed E-state index contributed by atoms with van der Waals surface area (Å²) in [6.07, 6.45) is 3.78. The molecular formula is C9H14N2S. The molecule has 0 spiro atoms. The molecule has 1 unspecified atom stereocenters. The summed E-state index contributed by atoms with van der Waals surface area (Å²) in [6.45, 7) is 5.65. The van der Waals surface area contributed by atoms with E-state index in [1.165, 1.54) is 0 Å². The lowest BCUT2D eigenvalue weighted by Crippen LogP contribution is -2.09. The van der Waals surface area contributed by atoms with E-state index in [0.29, 0.717) is 0 Å². The van der Waals surface area contributed by atoms with Gasteiger partial charge in [-0.2, -0.15) is 0 Å². The van der Waals surface area contributed by atoms with Crippen molar-refractivity contribution in [3.63, 3.8) is 0 Å². The molecule has 0 amide bonds. The number of aryl methyl sites for hydroxylation is 1. The molecule has 12 heavy (non-hydrogen) atoms. The fraction of sp³-hybridized carbons (Fsp3) is 0.444. The van der Waals surface area contributed by atoms with Crippen LogP contribution < -0.4 is 5.73 Å². The lowest BCUT2D eigenvalue weighted by Gasteiger charge is -2.05. The molecule has 1 rings (SSSR count). The Morgan fingerprint density at radius 2 is 2.58 bits per heavy atom. The number of rotatable bonds is 4. The highest BCUT2D eigenvalue weighted by Gasteiger charge is 2.07. The van der Waals surface area contributed by atoms with Gasteiger partial charge in [0.15, 0.2) is 0 Å². The molecule has 0 aliphatic carbocycles. The fourth-order valence-corrected chi connectivity index (χ4v) is 1.67. The van der Waals surface area contributed by atoms with E-state index in [0.717, 1.165) is 23.5 Å². The van der Waals surface area contributed by atoms with E-state index >= 15 is 0 Å². The molecular weight excluding hydrogens is 168 g/mol. The lowest BCUT2D eigenvalue weighted by atomic mass is 10.1. The largest absolute Gasteiger partial charge is 0.323 e. The Labute approximate surface area is 77.1 Å². The number of hydrogen-bond acceptors (Lipinski definition) is 3. The smallest absolute Gasteiger partial charge is 0.0898 e. The predicted octanol–water partition coefficient (Wildman–Crippen LogP) is 2.42. The Morgan fingerprint density at radius 3 is 3.08 bits per heavy atom. The summed E-state index contributed by atoms with van der Waals surface area (Å²) in [5.74, 6) is 0. The Morgan fingerprint density at radius 1 is 1.83 bits per heavy atom. The van der Waals surface area contributed by atoms with Crippen LogP contribution >= 0.6 is 11.3 Å². The molecule has 1 atom stereocenters. The van der Waals surface area contributed by atoms with E-state index in [2.05, 4.69) is 11.6 Å². The third-order valence-electron chi connectivity index (χ3n) is 1.70. The first-order valence-electron chi connectivity index (χ1n) is 4.02. The first-order chi connectivity index (χ1) is 5.74. The third kappa shape index (κ3) is 2.43. The standard InChI is InChI=1S/C9H14N2S/c1-3-4-5-8(10)9-6-12-7(2)11-9/h3,6,8H,1,4-5,10H2,2H3. The first-order valence-corrected chi connectivity index (χ1v) is 4.90. The Hall–Kier alpha value is -0.670. The molecule has 1 aromatic heterocycles. The van der Waals surface area contributed by atoms with Crippen molar-refractivity contribution in [2.75, 3.05) is 0 Å². The molecule has 3 heteroatoms. The summed E-state index contributed by atoms with van der Waals surface area (Å²) >= 11 is 1.65. The number of thiazole rings is 1. The summed E-state index contributed by atoms with van der Waals surface area (Å²) in [5, 5.41) is 3.11. The molecule has 0 fully saturated rings. The predicted molar refractivity (Wildman–Crippen MR) is 53.2 cm³/mol. The van der Waals surface area contributed by atoms with Crippen LogP contribution in [0.25, 0.3) is 0 Å². The average molecular weight is 182 g/mol. The molecule has 1 aromatic rings. The number of allylic oxidation sites excluding steroid dienone is 1. The maximum absolute atomic E-state index is 5.89. The molecule has 1 heterocycles. The topological polar surface area (TPSA) is 38.9 Å². The second kappa shape index (κ2) is 4.38. The second-order valence-corrected chi connectivity index (χ2v) is 3.83. The van der Waals surface area contributed by atoms with Crippen LogP contribution in [0.2, 0.25) is 0 Å². The molecule has 66 valence electrons. The van der Waals surface area contributed by atoms with Crippen molar-refractivity contribution in [1.29, 1.82) is 0 Å². The highest BCUT2D eigenvalue weighted by molar-refractivity contribution is 7.09. The van der Waals surface area contributed by atoms with E-state index in [-0.39, 0.29) is 6.04 Å². The molecule has 0 saturated heterocycles. The van der Waals surface area contributed by atoms with E-state index < -0.39 is 0 Å². The van der Waals surface area contributed by atoms with Gasteiger partial charge >= 0.3 is 0 Å². The normalized spacial score (nSPS) is 12.8. The van der Waals surface area contributed by atoms with Gasteiger partial charge in [-0.1, -0.05) is 6.08 Å². The van der Waals surface area contributed by atoms with Crippen LogP contribution in [0.4, 0.5) is 0 Å². The number of nitrogens with zero attached hydrogens (tertiary/aromatic N) is 1. The van der Waals surface area contributed by atoms with Crippen molar-refractivity contribution in [3.05, 3.63) is 28.7 Å². The van der Waals surface area contributed by atoms with Crippen molar-refractivity contribution >= 4 is 11.3 Å². The Bertz CT molecular complexity index is 255. The highest BCUT2D eigenvalue weighted by Crippen LogP contribution is 2.17. The molecule has 0 radical (unpaired) electrons. The minimum Gasteiger partial charge on any atom is -0.323 e. The summed E-state index contributed by atoms with van der Waals surface area (Å²) < 4.78 is 0. The lowest BCUT2D eigenvalue weighted by molar-refractivity contribution is 0.645. The summed E-state index contributed by atoms with van der Waals surface area (Å²) in [7, 11) is 0.